The second kappa shape index (κ2) is 13.2. The summed E-state index contributed by atoms with van der Waals surface area (Å²) in [5.74, 6) is 5.07. The Labute approximate surface area is 227 Å². The van der Waals surface area contributed by atoms with Crippen LogP contribution < -0.4 is 4.74 Å². The summed E-state index contributed by atoms with van der Waals surface area (Å²) in [6, 6.07) is 12.6. The fourth-order valence-electron chi connectivity index (χ4n) is 5.27. The molecule has 0 heterocycles. The van der Waals surface area contributed by atoms with Gasteiger partial charge in [-0.1, -0.05) is 73.9 Å². The van der Waals surface area contributed by atoms with Crippen LogP contribution in [0.15, 0.2) is 60.7 Å². The third kappa shape index (κ3) is 8.33. The Bertz CT molecular complexity index is 1350. The number of alkyl halides is 3. The number of aryl methyl sites for hydroxylation is 1. The standard InChI is InChI=1S/C33H33F5O/c1-2-3-4-5-23-6-8-24(9-7-23)10-11-25-13-18-29-28(20-25)17-16-27(32(29)35)15-12-26-14-19-31(30(34)21-26)39-22-33(36,37)38/h2-3,13-14,16-21,23-24H,4-11,22H2,1H3/b3-2+. The predicted octanol–water partition coefficient (Wildman–Crippen LogP) is 9.55. The normalized spacial score (nSPS) is 17.8. The molecule has 1 aliphatic rings. The van der Waals surface area contributed by atoms with Gasteiger partial charge in [-0.05, 0) is 79.7 Å². The first-order chi connectivity index (χ1) is 18.7. The van der Waals surface area contributed by atoms with Crippen molar-refractivity contribution in [3.8, 4) is 17.6 Å². The van der Waals surface area contributed by atoms with E-state index in [1.54, 1.807) is 12.1 Å². The van der Waals surface area contributed by atoms with Crippen LogP contribution in [0, 0.1) is 35.3 Å². The molecule has 6 heteroatoms. The lowest BCUT2D eigenvalue weighted by Gasteiger charge is -2.28. The molecule has 0 N–H and O–H groups in total. The zero-order valence-electron chi connectivity index (χ0n) is 22.1. The summed E-state index contributed by atoms with van der Waals surface area (Å²) in [6.45, 7) is 0.487. The smallest absolute Gasteiger partial charge is 0.422 e. The Morgan fingerprint density at radius 1 is 0.897 bits per heavy atom. The first-order valence-electron chi connectivity index (χ1n) is 13.5. The molecule has 1 saturated carbocycles. The molecule has 4 rings (SSSR count). The molecule has 0 bridgehead atoms. The summed E-state index contributed by atoms with van der Waals surface area (Å²) in [5, 5.41) is 1.27. The highest BCUT2D eigenvalue weighted by Gasteiger charge is 2.29. The van der Waals surface area contributed by atoms with Gasteiger partial charge in [-0.15, -0.1) is 0 Å². The van der Waals surface area contributed by atoms with Gasteiger partial charge in [0.05, 0.1) is 5.56 Å². The summed E-state index contributed by atoms with van der Waals surface area (Å²) >= 11 is 0. The van der Waals surface area contributed by atoms with Crippen molar-refractivity contribution < 1.29 is 26.7 Å². The molecule has 206 valence electrons. The van der Waals surface area contributed by atoms with Crippen LogP contribution in [0.4, 0.5) is 22.0 Å². The van der Waals surface area contributed by atoms with E-state index in [0.717, 1.165) is 42.2 Å². The van der Waals surface area contributed by atoms with Crippen LogP contribution >= 0.6 is 0 Å². The lowest BCUT2D eigenvalue weighted by molar-refractivity contribution is -0.153. The third-order valence-corrected chi connectivity index (χ3v) is 7.47. The molecule has 0 aliphatic heterocycles. The van der Waals surface area contributed by atoms with E-state index in [1.165, 1.54) is 50.2 Å². The molecular weight excluding hydrogens is 507 g/mol. The molecular formula is C33H33F5O. The van der Waals surface area contributed by atoms with E-state index in [0.29, 0.717) is 5.39 Å². The van der Waals surface area contributed by atoms with Gasteiger partial charge in [0.1, 0.15) is 5.82 Å². The van der Waals surface area contributed by atoms with E-state index in [2.05, 4.69) is 35.7 Å². The van der Waals surface area contributed by atoms with Gasteiger partial charge in [0.25, 0.3) is 0 Å². The van der Waals surface area contributed by atoms with E-state index in [9.17, 15) is 17.6 Å². The minimum Gasteiger partial charge on any atom is -0.481 e. The molecule has 1 nitrogen and oxygen atoms in total. The molecule has 0 saturated heterocycles. The summed E-state index contributed by atoms with van der Waals surface area (Å²) in [5.41, 5.74) is 1.56. The molecule has 3 aromatic rings. The lowest BCUT2D eigenvalue weighted by atomic mass is 9.78. The summed E-state index contributed by atoms with van der Waals surface area (Å²) in [4.78, 5) is 0. The van der Waals surface area contributed by atoms with Gasteiger partial charge < -0.3 is 4.74 Å². The second-order valence-electron chi connectivity index (χ2n) is 10.4. The van der Waals surface area contributed by atoms with Gasteiger partial charge in [0, 0.05) is 10.9 Å². The monoisotopic (exact) mass is 540 g/mol. The molecule has 0 aromatic heterocycles. The van der Waals surface area contributed by atoms with Crippen LogP contribution in [-0.4, -0.2) is 12.8 Å². The minimum atomic E-state index is -4.57. The summed E-state index contributed by atoms with van der Waals surface area (Å²) < 4.78 is 70.6. The summed E-state index contributed by atoms with van der Waals surface area (Å²) in [6.07, 6.45) is 9.63. The molecule has 3 aromatic carbocycles. The van der Waals surface area contributed by atoms with E-state index < -0.39 is 30.2 Å². The maximum Gasteiger partial charge on any atom is 0.422 e. The Kier molecular flexibility index (Phi) is 9.67. The SMILES string of the molecule is C/C=C/CCC1CCC(CCc2ccc3c(F)c(C#Cc4ccc(OCC(F)(F)F)c(F)c4)ccc3c2)CC1. The van der Waals surface area contributed by atoms with Crippen LogP contribution in [0.2, 0.25) is 0 Å². The number of rotatable bonds is 8. The molecule has 1 aliphatic carbocycles. The molecule has 0 atom stereocenters. The third-order valence-electron chi connectivity index (χ3n) is 7.47. The van der Waals surface area contributed by atoms with Gasteiger partial charge in [-0.3, -0.25) is 0 Å². The van der Waals surface area contributed by atoms with Crippen molar-refractivity contribution in [3.63, 3.8) is 0 Å². The zero-order chi connectivity index (χ0) is 27.8. The molecule has 0 spiro atoms. The van der Waals surface area contributed by atoms with Crippen molar-refractivity contribution in [2.24, 2.45) is 11.8 Å². The average molecular weight is 541 g/mol. The predicted molar refractivity (Wildman–Crippen MR) is 146 cm³/mol. The Morgan fingerprint density at radius 3 is 2.33 bits per heavy atom. The van der Waals surface area contributed by atoms with E-state index in [-0.39, 0.29) is 11.1 Å². The number of hydrogen-bond donors (Lipinski definition) is 0. The first-order valence-corrected chi connectivity index (χ1v) is 13.5. The molecule has 0 amide bonds. The van der Waals surface area contributed by atoms with Gasteiger partial charge in [0.15, 0.2) is 18.2 Å². The highest BCUT2D eigenvalue weighted by Crippen LogP contribution is 2.34. The molecule has 39 heavy (non-hydrogen) atoms. The minimum absolute atomic E-state index is 0.166. The summed E-state index contributed by atoms with van der Waals surface area (Å²) in [7, 11) is 0. The van der Waals surface area contributed by atoms with Gasteiger partial charge in [0.2, 0.25) is 0 Å². The first kappa shape index (κ1) is 28.7. The van der Waals surface area contributed by atoms with Crippen LogP contribution in [0.5, 0.6) is 5.75 Å². The van der Waals surface area contributed by atoms with Crippen LogP contribution in [0.3, 0.4) is 0 Å². The highest BCUT2D eigenvalue weighted by molar-refractivity contribution is 5.85. The number of benzene rings is 3. The molecule has 0 radical (unpaired) electrons. The van der Waals surface area contributed by atoms with E-state index in [1.807, 2.05) is 18.2 Å². The van der Waals surface area contributed by atoms with Crippen molar-refractivity contribution >= 4 is 10.8 Å². The van der Waals surface area contributed by atoms with Crippen molar-refractivity contribution in [3.05, 3.63) is 89.0 Å². The van der Waals surface area contributed by atoms with Crippen molar-refractivity contribution in [1.29, 1.82) is 0 Å². The Morgan fingerprint density at radius 2 is 1.64 bits per heavy atom. The van der Waals surface area contributed by atoms with Gasteiger partial charge in [-0.25, -0.2) is 8.78 Å². The lowest BCUT2D eigenvalue weighted by Crippen LogP contribution is -2.19. The molecule has 1 fully saturated rings. The number of hydrogen-bond acceptors (Lipinski definition) is 1. The van der Waals surface area contributed by atoms with Gasteiger partial charge >= 0.3 is 6.18 Å². The quantitative estimate of drug-likeness (QED) is 0.157. The fraction of sp³-hybridized carbons (Fsp3) is 0.394. The Balaban J connectivity index is 1.36. The second-order valence-corrected chi connectivity index (χ2v) is 10.4. The number of halogens is 5. The number of allylic oxidation sites excluding steroid dienone is 2. The van der Waals surface area contributed by atoms with Crippen LogP contribution in [0.25, 0.3) is 10.8 Å². The average Bonchev–Trinajstić information content (AvgIpc) is 2.91. The highest BCUT2D eigenvalue weighted by atomic mass is 19.4. The topological polar surface area (TPSA) is 9.23 Å². The van der Waals surface area contributed by atoms with E-state index in [4.69, 9.17) is 0 Å². The van der Waals surface area contributed by atoms with Crippen molar-refractivity contribution in [1.82, 2.24) is 0 Å². The van der Waals surface area contributed by atoms with Crippen molar-refractivity contribution in [2.45, 2.75) is 64.5 Å². The number of fused-ring (bicyclic) bond motifs is 1. The fourth-order valence-corrected chi connectivity index (χ4v) is 5.27. The van der Waals surface area contributed by atoms with E-state index >= 15 is 4.39 Å². The Hall–Kier alpha value is -3.33. The zero-order valence-corrected chi connectivity index (χ0v) is 22.1. The van der Waals surface area contributed by atoms with Crippen LogP contribution in [0.1, 0.15) is 68.6 Å². The maximum atomic E-state index is 15.2. The maximum absolute atomic E-state index is 15.2. The molecule has 0 unspecified atom stereocenters. The largest absolute Gasteiger partial charge is 0.481 e. The van der Waals surface area contributed by atoms with Crippen molar-refractivity contribution in [2.75, 3.05) is 6.61 Å². The van der Waals surface area contributed by atoms with Crippen LogP contribution in [-0.2, 0) is 6.42 Å². The van der Waals surface area contributed by atoms with Gasteiger partial charge in [-0.2, -0.15) is 13.2 Å². The number of ether oxygens (including phenoxy) is 1.